The predicted octanol–water partition coefficient (Wildman–Crippen LogP) is 1.97. The molecule has 0 aliphatic carbocycles. The summed E-state index contributed by atoms with van der Waals surface area (Å²) in [6.45, 7) is 0. The number of benzene rings is 2. The zero-order valence-electron chi connectivity index (χ0n) is 12.3. The van der Waals surface area contributed by atoms with E-state index in [0.717, 1.165) is 16.3 Å². The van der Waals surface area contributed by atoms with Crippen LogP contribution in [0, 0.1) is 17.9 Å². The molecule has 0 amide bonds. The highest BCUT2D eigenvalue weighted by Gasteiger charge is 2.40. The summed E-state index contributed by atoms with van der Waals surface area (Å²) in [5.74, 6) is 6.21. The van der Waals surface area contributed by atoms with Crippen LogP contribution in [0.25, 0.3) is 0 Å². The molecule has 0 aromatic heterocycles. The molecule has 1 radical (unpaired) electrons. The van der Waals surface area contributed by atoms with Crippen LogP contribution in [0.1, 0.15) is 11.1 Å². The Morgan fingerprint density at radius 1 is 0.857 bits per heavy atom. The van der Waals surface area contributed by atoms with Gasteiger partial charge < -0.3 is 13.3 Å². The van der Waals surface area contributed by atoms with Crippen LogP contribution in [0.15, 0.2) is 48.5 Å². The van der Waals surface area contributed by atoms with E-state index >= 15 is 0 Å². The quantitative estimate of drug-likeness (QED) is 0.638. The molecule has 0 unspecified atom stereocenters. The maximum Gasteiger partial charge on any atom is 0.536 e. The van der Waals surface area contributed by atoms with E-state index in [9.17, 15) is 0 Å². The molecular formula is C17H17O3Si. The molecule has 107 valence electrons. The lowest BCUT2D eigenvalue weighted by atomic mass is 10.2. The molecule has 0 fully saturated rings. The first-order valence-corrected chi connectivity index (χ1v) is 8.20. The Morgan fingerprint density at radius 3 is 2.00 bits per heavy atom. The van der Waals surface area contributed by atoms with Gasteiger partial charge in [-0.25, -0.2) is 0 Å². The zero-order valence-corrected chi connectivity index (χ0v) is 13.3. The molecule has 0 saturated carbocycles. The largest absolute Gasteiger partial charge is 0.536 e. The van der Waals surface area contributed by atoms with Gasteiger partial charge in [0.15, 0.2) is 0 Å². The van der Waals surface area contributed by atoms with Gasteiger partial charge in [0, 0.05) is 37.6 Å². The lowest BCUT2D eigenvalue weighted by Crippen LogP contribution is -2.54. The molecule has 0 bridgehead atoms. The van der Waals surface area contributed by atoms with Crippen LogP contribution in [-0.2, 0) is 13.3 Å². The number of hydrogen-bond acceptors (Lipinski definition) is 3. The second-order valence-electron chi connectivity index (χ2n) is 4.29. The van der Waals surface area contributed by atoms with Gasteiger partial charge in [0.05, 0.1) is 0 Å². The van der Waals surface area contributed by atoms with Crippen LogP contribution in [0.3, 0.4) is 0 Å². The second-order valence-corrected chi connectivity index (χ2v) is 7.20. The zero-order chi connectivity index (χ0) is 15.1. The van der Waals surface area contributed by atoms with Crippen LogP contribution < -0.4 is 5.19 Å². The molecule has 4 heteroatoms. The number of hydrogen-bond donors (Lipinski definition) is 0. The van der Waals surface area contributed by atoms with E-state index < -0.39 is 8.80 Å². The van der Waals surface area contributed by atoms with Gasteiger partial charge in [0.1, 0.15) is 0 Å². The summed E-state index contributed by atoms with van der Waals surface area (Å²) >= 11 is 0. The van der Waals surface area contributed by atoms with Gasteiger partial charge in [0.25, 0.3) is 0 Å². The predicted molar refractivity (Wildman–Crippen MR) is 84.1 cm³/mol. The van der Waals surface area contributed by atoms with E-state index in [1.54, 1.807) is 21.3 Å². The topological polar surface area (TPSA) is 27.7 Å². The summed E-state index contributed by atoms with van der Waals surface area (Å²) in [6, 6.07) is 18.3. The summed E-state index contributed by atoms with van der Waals surface area (Å²) in [5, 5.41) is 0.911. The average molecular weight is 297 g/mol. The highest BCUT2D eigenvalue weighted by Crippen LogP contribution is 2.08. The standard InChI is InChI=1S/C17H17O3Si/c1-18-21(19-2,20-3)17-13-11-16(12-14-17)10-9-15-7-5-4-6-8-15/h4-5,7-8,11-14H,1-3H3. The molecule has 2 aromatic carbocycles. The Hall–Kier alpha value is -1.90. The van der Waals surface area contributed by atoms with E-state index in [0.29, 0.717) is 0 Å². The van der Waals surface area contributed by atoms with E-state index in [1.165, 1.54) is 0 Å². The first kappa shape index (κ1) is 15.5. The molecule has 2 aromatic rings. The normalized spacial score (nSPS) is 10.8. The third-order valence-corrected chi connectivity index (χ3v) is 5.76. The molecule has 0 heterocycles. The summed E-state index contributed by atoms with van der Waals surface area (Å²) in [7, 11) is 2.03. The molecule has 0 spiro atoms. The Bertz CT molecular complexity index is 614. The monoisotopic (exact) mass is 297 g/mol. The minimum absolute atomic E-state index is 0.911. The molecule has 0 atom stereocenters. The summed E-state index contributed by atoms with van der Waals surface area (Å²) in [5.41, 5.74) is 1.87. The van der Waals surface area contributed by atoms with Crippen molar-refractivity contribution < 1.29 is 13.3 Å². The third kappa shape index (κ3) is 3.60. The van der Waals surface area contributed by atoms with Crippen molar-refractivity contribution in [1.82, 2.24) is 0 Å². The van der Waals surface area contributed by atoms with Crippen LogP contribution >= 0.6 is 0 Å². The van der Waals surface area contributed by atoms with Gasteiger partial charge in [-0.1, -0.05) is 36.1 Å². The lowest BCUT2D eigenvalue weighted by Gasteiger charge is -2.24. The van der Waals surface area contributed by atoms with Crippen molar-refractivity contribution in [3.8, 4) is 11.8 Å². The van der Waals surface area contributed by atoms with Crippen molar-refractivity contribution in [2.75, 3.05) is 21.3 Å². The SMILES string of the molecule is CO[Si](OC)(OC)c1ccc(C#Cc2c[c]ccc2)cc1. The van der Waals surface area contributed by atoms with Gasteiger partial charge in [-0.2, -0.15) is 0 Å². The maximum absolute atomic E-state index is 5.45. The summed E-state index contributed by atoms with van der Waals surface area (Å²) in [4.78, 5) is 0. The molecule has 21 heavy (non-hydrogen) atoms. The van der Waals surface area contributed by atoms with Gasteiger partial charge in [0.2, 0.25) is 0 Å². The fraction of sp³-hybridized carbons (Fsp3) is 0.176. The van der Waals surface area contributed by atoms with Gasteiger partial charge >= 0.3 is 8.80 Å². The summed E-state index contributed by atoms with van der Waals surface area (Å²) < 4.78 is 16.3. The highest BCUT2D eigenvalue weighted by atomic mass is 28.4. The van der Waals surface area contributed by atoms with Crippen LogP contribution in [0.5, 0.6) is 0 Å². The average Bonchev–Trinajstić information content (AvgIpc) is 2.57. The second kappa shape index (κ2) is 7.20. The Kier molecular flexibility index (Phi) is 5.31. The van der Waals surface area contributed by atoms with Crippen LogP contribution in [0.2, 0.25) is 0 Å². The van der Waals surface area contributed by atoms with Crippen molar-refractivity contribution in [1.29, 1.82) is 0 Å². The fourth-order valence-electron chi connectivity index (χ4n) is 1.98. The minimum atomic E-state index is -2.76. The first-order valence-electron chi connectivity index (χ1n) is 6.48. The van der Waals surface area contributed by atoms with Crippen molar-refractivity contribution >= 4 is 14.0 Å². The van der Waals surface area contributed by atoms with E-state index in [2.05, 4.69) is 17.9 Å². The van der Waals surface area contributed by atoms with Crippen molar-refractivity contribution in [2.45, 2.75) is 0 Å². The van der Waals surface area contributed by atoms with Gasteiger partial charge in [-0.3, -0.25) is 0 Å². The Morgan fingerprint density at radius 2 is 1.48 bits per heavy atom. The molecule has 3 nitrogen and oxygen atoms in total. The highest BCUT2D eigenvalue weighted by molar-refractivity contribution is 6.75. The molecular weight excluding hydrogens is 280 g/mol. The first-order chi connectivity index (χ1) is 10.2. The van der Waals surface area contributed by atoms with Crippen LogP contribution in [0.4, 0.5) is 0 Å². The minimum Gasteiger partial charge on any atom is -0.373 e. The van der Waals surface area contributed by atoms with Gasteiger partial charge in [-0.05, 0) is 30.3 Å². The van der Waals surface area contributed by atoms with E-state index in [1.807, 2.05) is 48.5 Å². The lowest BCUT2D eigenvalue weighted by molar-refractivity contribution is 0.140. The molecule has 2 rings (SSSR count). The van der Waals surface area contributed by atoms with Crippen LogP contribution in [-0.4, -0.2) is 30.1 Å². The van der Waals surface area contributed by atoms with E-state index in [-0.39, 0.29) is 0 Å². The smallest absolute Gasteiger partial charge is 0.373 e. The van der Waals surface area contributed by atoms with Crippen molar-refractivity contribution in [3.05, 3.63) is 65.7 Å². The van der Waals surface area contributed by atoms with Crippen molar-refractivity contribution in [3.63, 3.8) is 0 Å². The van der Waals surface area contributed by atoms with Crippen molar-refractivity contribution in [2.24, 2.45) is 0 Å². The summed E-state index contributed by atoms with van der Waals surface area (Å²) in [6.07, 6.45) is 0. The Balaban J connectivity index is 2.22. The molecule has 0 saturated heterocycles. The van der Waals surface area contributed by atoms with Gasteiger partial charge in [-0.15, -0.1) is 0 Å². The number of rotatable bonds is 4. The van der Waals surface area contributed by atoms with E-state index in [4.69, 9.17) is 13.3 Å². The molecule has 0 aliphatic rings. The fourth-order valence-corrected chi connectivity index (χ4v) is 3.76. The third-order valence-electron chi connectivity index (χ3n) is 3.10. The molecule has 0 N–H and O–H groups in total. The Labute approximate surface area is 126 Å². The maximum atomic E-state index is 5.45. The molecule has 0 aliphatic heterocycles.